The number of carbonyl (C=O) groups excluding carboxylic acids is 1. The second-order valence-corrected chi connectivity index (χ2v) is 7.57. The van der Waals surface area contributed by atoms with Gasteiger partial charge in [0.1, 0.15) is 0 Å². The summed E-state index contributed by atoms with van der Waals surface area (Å²) in [7, 11) is 0. The molecule has 27 heavy (non-hydrogen) atoms. The van der Waals surface area contributed by atoms with Gasteiger partial charge in [-0.05, 0) is 49.9 Å². The van der Waals surface area contributed by atoms with Gasteiger partial charge in [0.25, 0.3) is 0 Å². The number of piperidine rings is 1. The van der Waals surface area contributed by atoms with Crippen molar-refractivity contribution in [3.05, 3.63) is 59.2 Å². The van der Waals surface area contributed by atoms with E-state index < -0.39 is 0 Å². The summed E-state index contributed by atoms with van der Waals surface area (Å²) in [4.78, 5) is 23.0. The van der Waals surface area contributed by atoms with Crippen molar-refractivity contribution >= 4 is 22.9 Å². The lowest BCUT2D eigenvalue weighted by Gasteiger charge is -2.31. The molecule has 2 heterocycles. The van der Waals surface area contributed by atoms with Crippen molar-refractivity contribution < 1.29 is 4.79 Å². The van der Waals surface area contributed by atoms with E-state index in [4.69, 9.17) is 4.98 Å². The summed E-state index contributed by atoms with van der Waals surface area (Å²) in [6.07, 6.45) is 1.92. The predicted molar refractivity (Wildman–Crippen MR) is 109 cm³/mol. The number of aryl methyl sites for hydroxylation is 2. The molecule has 5 heteroatoms. The van der Waals surface area contributed by atoms with Crippen LogP contribution in [0.1, 0.15) is 29.5 Å². The van der Waals surface area contributed by atoms with E-state index in [1.54, 1.807) is 0 Å². The van der Waals surface area contributed by atoms with E-state index in [1.807, 2.05) is 6.07 Å². The molecule has 2 aromatic carbocycles. The number of amides is 1. The summed E-state index contributed by atoms with van der Waals surface area (Å²) >= 11 is 0. The van der Waals surface area contributed by atoms with Crippen LogP contribution < -0.4 is 10.2 Å². The molecule has 0 spiro atoms. The first kappa shape index (κ1) is 17.6. The molecular weight excluding hydrogens is 336 g/mol. The van der Waals surface area contributed by atoms with Crippen LogP contribution in [-0.2, 0) is 11.3 Å². The first-order valence-electron chi connectivity index (χ1n) is 9.63. The molecule has 0 aliphatic carbocycles. The normalized spacial score (nSPS) is 17.3. The Morgan fingerprint density at radius 1 is 1.19 bits per heavy atom. The molecule has 4 rings (SSSR count). The zero-order valence-corrected chi connectivity index (χ0v) is 16.0. The van der Waals surface area contributed by atoms with Crippen LogP contribution >= 0.6 is 0 Å². The highest BCUT2D eigenvalue weighted by Crippen LogP contribution is 2.24. The molecule has 1 atom stereocenters. The number of fused-ring (bicyclic) bond motifs is 1. The molecular formula is C22H26N4O. The Balaban J connectivity index is 1.40. The van der Waals surface area contributed by atoms with Gasteiger partial charge in [-0.3, -0.25) is 4.79 Å². The van der Waals surface area contributed by atoms with Crippen molar-refractivity contribution in [3.8, 4) is 0 Å². The molecule has 0 bridgehead atoms. The quantitative estimate of drug-likeness (QED) is 0.744. The summed E-state index contributed by atoms with van der Waals surface area (Å²) in [6, 6.07) is 14.5. The molecule has 2 N–H and O–H groups in total. The maximum Gasteiger partial charge on any atom is 0.225 e. The molecule has 5 nitrogen and oxygen atoms in total. The van der Waals surface area contributed by atoms with Gasteiger partial charge in [-0.2, -0.15) is 0 Å². The molecule has 0 radical (unpaired) electrons. The second-order valence-electron chi connectivity index (χ2n) is 7.57. The number of H-pyrrole nitrogens is 1. The highest BCUT2D eigenvalue weighted by atomic mass is 16.1. The van der Waals surface area contributed by atoms with Crippen molar-refractivity contribution in [2.45, 2.75) is 33.2 Å². The number of benzene rings is 2. The number of imidazole rings is 1. The van der Waals surface area contributed by atoms with Crippen molar-refractivity contribution in [3.63, 3.8) is 0 Å². The summed E-state index contributed by atoms with van der Waals surface area (Å²) in [5, 5.41) is 3.10. The van der Waals surface area contributed by atoms with Gasteiger partial charge in [0.15, 0.2) is 0 Å². The Morgan fingerprint density at radius 3 is 2.78 bits per heavy atom. The lowest BCUT2D eigenvalue weighted by molar-refractivity contribution is -0.125. The van der Waals surface area contributed by atoms with Gasteiger partial charge in [0.2, 0.25) is 11.9 Å². The van der Waals surface area contributed by atoms with E-state index in [9.17, 15) is 4.79 Å². The molecule has 140 valence electrons. The number of hydrogen-bond donors (Lipinski definition) is 2. The second kappa shape index (κ2) is 7.43. The monoisotopic (exact) mass is 362 g/mol. The van der Waals surface area contributed by atoms with Gasteiger partial charge in [-0.25, -0.2) is 4.98 Å². The van der Waals surface area contributed by atoms with Gasteiger partial charge in [0.05, 0.1) is 17.0 Å². The van der Waals surface area contributed by atoms with Gasteiger partial charge in [-0.15, -0.1) is 0 Å². The van der Waals surface area contributed by atoms with Crippen LogP contribution in [0.3, 0.4) is 0 Å². The Kier molecular flexibility index (Phi) is 4.84. The largest absolute Gasteiger partial charge is 0.352 e. The summed E-state index contributed by atoms with van der Waals surface area (Å²) in [6.45, 7) is 6.37. The van der Waals surface area contributed by atoms with Gasteiger partial charge < -0.3 is 15.2 Å². The Bertz CT molecular complexity index is 945. The highest BCUT2D eigenvalue weighted by molar-refractivity contribution is 5.80. The van der Waals surface area contributed by atoms with Gasteiger partial charge >= 0.3 is 0 Å². The molecule has 1 aliphatic rings. The fraction of sp³-hybridized carbons (Fsp3) is 0.364. The Morgan fingerprint density at radius 2 is 1.96 bits per heavy atom. The van der Waals surface area contributed by atoms with E-state index in [0.717, 1.165) is 41.9 Å². The summed E-state index contributed by atoms with van der Waals surface area (Å²) in [5.74, 6) is 0.998. The third-order valence-electron chi connectivity index (χ3n) is 5.30. The van der Waals surface area contributed by atoms with Crippen molar-refractivity contribution in [1.29, 1.82) is 0 Å². The van der Waals surface area contributed by atoms with Crippen molar-refractivity contribution in [2.75, 3.05) is 18.0 Å². The third-order valence-corrected chi connectivity index (χ3v) is 5.30. The van der Waals surface area contributed by atoms with E-state index in [1.165, 1.54) is 11.1 Å². The number of anilines is 1. The number of aromatic amines is 1. The van der Waals surface area contributed by atoms with Gasteiger partial charge in [-0.1, -0.05) is 35.9 Å². The molecule has 1 saturated heterocycles. The van der Waals surface area contributed by atoms with Crippen LogP contribution in [0.5, 0.6) is 0 Å². The Hall–Kier alpha value is -2.82. The van der Waals surface area contributed by atoms with Crippen LogP contribution in [0.15, 0.2) is 42.5 Å². The average molecular weight is 362 g/mol. The van der Waals surface area contributed by atoms with Crippen LogP contribution in [0.2, 0.25) is 0 Å². The fourth-order valence-corrected chi connectivity index (χ4v) is 3.68. The SMILES string of the molecule is Cc1ccc(CNC(=O)C2CCCN(c3nc4ccc(C)cc4[nH]3)C2)cc1. The zero-order valence-electron chi connectivity index (χ0n) is 16.0. The van der Waals surface area contributed by atoms with Crippen molar-refractivity contribution in [2.24, 2.45) is 5.92 Å². The first-order chi connectivity index (χ1) is 13.1. The van der Waals surface area contributed by atoms with E-state index in [0.29, 0.717) is 13.1 Å². The molecule has 1 aromatic heterocycles. The van der Waals surface area contributed by atoms with E-state index in [-0.39, 0.29) is 11.8 Å². The number of rotatable bonds is 4. The highest BCUT2D eigenvalue weighted by Gasteiger charge is 2.27. The van der Waals surface area contributed by atoms with Crippen molar-refractivity contribution in [1.82, 2.24) is 15.3 Å². The maximum atomic E-state index is 12.7. The summed E-state index contributed by atoms with van der Waals surface area (Å²) in [5.41, 5.74) is 5.60. The van der Waals surface area contributed by atoms with E-state index in [2.05, 4.69) is 65.4 Å². The summed E-state index contributed by atoms with van der Waals surface area (Å²) < 4.78 is 0. The number of nitrogens with zero attached hydrogens (tertiary/aromatic N) is 2. The third kappa shape index (κ3) is 3.97. The van der Waals surface area contributed by atoms with Crippen LogP contribution in [0, 0.1) is 19.8 Å². The molecule has 3 aromatic rings. The first-order valence-corrected chi connectivity index (χ1v) is 9.63. The minimum absolute atomic E-state index is 0.000790. The Labute approximate surface area is 159 Å². The van der Waals surface area contributed by atoms with Crippen LogP contribution in [0.4, 0.5) is 5.95 Å². The molecule has 1 amide bonds. The lowest BCUT2D eigenvalue weighted by Crippen LogP contribution is -2.43. The number of hydrogen-bond acceptors (Lipinski definition) is 3. The number of carbonyl (C=O) groups is 1. The van der Waals surface area contributed by atoms with Crippen LogP contribution in [-0.4, -0.2) is 29.0 Å². The molecule has 1 unspecified atom stereocenters. The average Bonchev–Trinajstić information content (AvgIpc) is 3.10. The molecule has 0 saturated carbocycles. The smallest absolute Gasteiger partial charge is 0.225 e. The molecule has 1 aliphatic heterocycles. The van der Waals surface area contributed by atoms with Gasteiger partial charge in [0, 0.05) is 19.6 Å². The van der Waals surface area contributed by atoms with Crippen LogP contribution in [0.25, 0.3) is 11.0 Å². The molecule has 1 fully saturated rings. The number of aromatic nitrogens is 2. The minimum Gasteiger partial charge on any atom is -0.352 e. The standard InChI is InChI=1S/C22H26N4O/c1-15-5-8-17(9-6-15)13-23-21(27)18-4-3-11-26(14-18)22-24-19-10-7-16(2)12-20(19)25-22/h5-10,12,18H,3-4,11,13-14H2,1-2H3,(H,23,27)(H,24,25). The predicted octanol–water partition coefficient (Wildman–Crippen LogP) is 3.71. The van der Waals surface area contributed by atoms with E-state index >= 15 is 0 Å². The zero-order chi connectivity index (χ0) is 18.8. The maximum absolute atomic E-state index is 12.7. The lowest BCUT2D eigenvalue weighted by atomic mass is 9.97. The minimum atomic E-state index is -0.000790. The topological polar surface area (TPSA) is 61.0 Å². The fourth-order valence-electron chi connectivity index (χ4n) is 3.68. The number of nitrogens with one attached hydrogen (secondary N) is 2.